The Labute approximate surface area is 100.0 Å². The minimum absolute atomic E-state index is 0.103. The molecule has 0 saturated heterocycles. The smallest absolute Gasteiger partial charge is 0.261 e. The van der Waals surface area contributed by atoms with E-state index in [0.29, 0.717) is 13.0 Å². The molecular weight excluding hydrogens is 228 g/mol. The molecule has 0 aliphatic carbocycles. The van der Waals surface area contributed by atoms with Crippen molar-refractivity contribution in [2.45, 2.75) is 25.8 Å². The first-order chi connectivity index (χ1) is 8.13. The highest BCUT2D eigenvalue weighted by Gasteiger charge is 2.12. The van der Waals surface area contributed by atoms with Crippen LogP contribution in [-0.4, -0.2) is 36.0 Å². The van der Waals surface area contributed by atoms with Gasteiger partial charge in [0.1, 0.15) is 6.61 Å². The number of nitrogens with zero attached hydrogens (tertiary/aromatic N) is 2. The summed E-state index contributed by atoms with van der Waals surface area (Å²) in [6.07, 6.45) is 1.96. The van der Waals surface area contributed by atoms with Gasteiger partial charge < -0.3 is 10.1 Å². The highest BCUT2D eigenvalue weighted by Crippen LogP contribution is 2.15. The molecule has 1 aromatic heterocycles. The fourth-order valence-corrected chi connectivity index (χ4v) is 1.63. The van der Waals surface area contributed by atoms with E-state index in [4.69, 9.17) is 4.74 Å². The SMILES string of the molecule is CCNC(CCOCC(F)F)c1cnn(C)c1. The molecule has 1 rings (SSSR count). The van der Waals surface area contributed by atoms with Gasteiger partial charge in [0.2, 0.25) is 0 Å². The van der Waals surface area contributed by atoms with Crippen LogP contribution in [0.5, 0.6) is 0 Å². The number of ether oxygens (including phenoxy) is 1. The second-order valence-electron chi connectivity index (χ2n) is 3.81. The van der Waals surface area contributed by atoms with Crippen molar-refractivity contribution in [1.82, 2.24) is 15.1 Å². The second-order valence-corrected chi connectivity index (χ2v) is 3.81. The molecule has 1 heterocycles. The van der Waals surface area contributed by atoms with E-state index in [9.17, 15) is 8.78 Å². The summed E-state index contributed by atoms with van der Waals surface area (Å²) in [7, 11) is 1.85. The molecule has 0 fully saturated rings. The molecule has 0 aliphatic rings. The number of aromatic nitrogens is 2. The summed E-state index contributed by atoms with van der Waals surface area (Å²) in [5, 5.41) is 7.37. The van der Waals surface area contributed by atoms with E-state index < -0.39 is 13.0 Å². The molecular formula is C11H19F2N3O. The number of rotatable bonds is 8. The molecule has 1 atom stereocenters. The maximum absolute atomic E-state index is 11.9. The first kappa shape index (κ1) is 14.1. The summed E-state index contributed by atoms with van der Waals surface area (Å²) in [4.78, 5) is 0. The molecule has 0 aromatic carbocycles. The number of aryl methyl sites for hydroxylation is 1. The molecule has 98 valence electrons. The monoisotopic (exact) mass is 247 g/mol. The van der Waals surface area contributed by atoms with E-state index in [0.717, 1.165) is 12.1 Å². The molecule has 0 aliphatic heterocycles. The number of halogens is 2. The summed E-state index contributed by atoms with van der Waals surface area (Å²) in [6.45, 7) is 2.64. The van der Waals surface area contributed by atoms with Crippen molar-refractivity contribution in [2.75, 3.05) is 19.8 Å². The van der Waals surface area contributed by atoms with Crippen molar-refractivity contribution >= 4 is 0 Å². The molecule has 1 N–H and O–H groups in total. The van der Waals surface area contributed by atoms with E-state index in [-0.39, 0.29) is 6.04 Å². The van der Waals surface area contributed by atoms with Crippen molar-refractivity contribution < 1.29 is 13.5 Å². The molecule has 1 unspecified atom stereocenters. The maximum Gasteiger partial charge on any atom is 0.261 e. The Morgan fingerprint density at radius 2 is 2.29 bits per heavy atom. The second kappa shape index (κ2) is 7.34. The Bertz CT molecular complexity index is 317. The standard InChI is InChI=1S/C11H19F2N3O/c1-3-14-10(4-5-17-8-11(12)13)9-6-15-16(2)7-9/h6-7,10-11,14H,3-5,8H2,1-2H3. The Balaban J connectivity index is 2.38. The maximum atomic E-state index is 11.9. The van der Waals surface area contributed by atoms with Crippen LogP contribution in [0.15, 0.2) is 12.4 Å². The average Bonchev–Trinajstić information content (AvgIpc) is 2.69. The largest absolute Gasteiger partial charge is 0.375 e. The molecule has 1 aromatic rings. The molecule has 0 spiro atoms. The third-order valence-electron chi connectivity index (χ3n) is 2.37. The highest BCUT2D eigenvalue weighted by atomic mass is 19.3. The van der Waals surface area contributed by atoms with Crippen LogP contribution >= 0.6 is 0 Å². The summed E-state index contributed by atoms with van der Waals surface area (Å²) in [6, 6.07) is 0.103. The lowest BCUT2D eigenvalue weighted by Gasteiger charge is -2.16. The Kier molecular flexibility index (Phi) is 6.07. The molecule has 17 heavy (non-hydrogen) atoms. The number of nitrogens with one attached hydrogen (secondary N) is 1. The van der Waals surface area contributed by atoms with Crippen LogP contribution in [0, 0.1) is 0 Å². The van der Waals surface area contributed by atoms with Gasteiger partial charge in [-0.3, -0.25) is 4.68 Å². The van der Waals surface area contributed by atoms with Crippen LogP contribution in [0.1, 0.15) is 24.9 Å². The van der Waals surface area contributed by atoms with E-state index in [1.54, 1.807) is 10.9 Å². The average molecular weight is 247 g/mol. The molecule has 0 bridgehead atoms. The van der Waals surface area contributed by atoms with Crippen LogP contribution in [0.25, 0.3) is 0 Å². The number of hydrogen-bond donors (Lipinski definition) is 1. The highest BCUT2D eigenvalue weighted by molar-refractivity contribution is 5.10. The molecule has 0 saturated carbocycles. The first-order valence-electron chi connectivity index (χ1n) is 5.71. The van der Waals surface area contributed by atoms with Gasteiger partial charge in [-0.25, -0.2) is 8.78 Å². The normalized spacial score (nSPS) is 13.2. The predicted octanol–water partition coefficient (Wildman–Crippen LogP) is 1.74. The summed E-state index contributed by atoms with van der Waals surface area (Å²) < 4.78 is 30.4. The number of hydrogen-bond acceptors (Lipinski definition) is 3. The van der Waals surface area contributed by atoms with E-state index in [1.165, 1.54) is 0 Å². The molecule has 4 nitrogen and oxygen atoms in total. The van der Waals surface area contributed by atoms with Gasteiger partial charge in [0.05, 0.1) is 6.20 Å². The fourth-order valence-electron chi connectivity index (χ4n) is 1.63. The Morgan fingerprint density at radius 3 is 2.82 bits per heavy atom. The van der Waals surface area contributed by atoms with Crippen molar-refractivity contribution in [2.24, 2.45) is 7.05 Å². The van der Waals surface area contributed by atoms with Crippen molar-refractivity contribution in [3.8, 4) is 0 Å². The van der Waals surface area contributed by atoms with Gasteiger partial charge >= 0.3 is 0 Å². The van der Waals surface area contributed by atoms with Gasteiger partial charge in [0.25, 0.3) is 6.43 Å². The van der Waals surface area contributed by atoms with E-state index >= 15 is 0 Å². The number of alkyl halides is 2. The van der Waals surface area contributed by atoms with Gasteiger partial charge in [0, 0.05) is 31.5 Å². The van der Waals surface area contributed by atoms with Crippen LogP contribution in [0.3, 0.4) is 0 Å². The van der Waals surface area contributed by atoms with Crippen molar-refractivity contribution in [1.29, 1.82) is 0 Å². The predicted molar refractivity (Wildman–Crippen MR) is 61.1 cm³/mol. The molecule has 0 amide bonds. The third-order valence-corrected chi connectivity index (χ3v) is 2.37. The lowest BCUT2D eigenvalue weighted by molar-refractivity contribution is 0.0144. The summed E-state index contributed by atoms with van der Waals surface area (Å²) in [5.41, 5.74) is 1.05. The van der Waals surface area contributed by atoms with E-state index in [2.05, 4.69) is 10.4 Å². The van der Waals surface area contributed by atoms with E-state index in [1.807, 2.05) is 20.2 Å². The van der Waals surface area contributed by atoms with Gasteiger partial charge in [-0.05, 0) is 13.0 Å². The third kappa shape index (κ3) is 5.23. The summed E-state index contributed by atoms with van der Waals surface area (Å²) >= 11 is 0. The van der Waals surface area contributed by atoms with Gasteiger partial charge in [-0.2, -0.15) is 5.10 Å². The zero-order valence-corrected chi connectivity index (χ0v) is 10.2. The van der Waals surface area contributed by atoms with Crippen LogP contribution in [0.2, 0.25) is 0 Å². The zero-order chi connectivity index (χ0) is 12.7. The van der Waals surface area contributed by atoms with Crippen molar-refractivity contribution in [3.05, 3.63) is 18.0 Å². The van der Waals surface area contributed by atoms with Crippen LogP contribution in [0.4, 0.5) is 8.78 Å². The Hall–Kier alpha value is -1.01. The lowest BCUT2D eigenvalue weighted by atomic mass is 10.1. The van der Waals surface area contributed by atoms with Crippen LogP contribution < -0.4 is 5.32 Å². The minimum Gasteiger partial charge on any atom is -0.375 e. The quantitative estimate of drug-likeness (QED) is 0.711. The van der Waals surface area contributed by atoms with Gasteiger partial charge in [-0.15, -0.1) is 0 Å². The van der Waals surface area contributed by atoms with Gasteiger partial charge in [-0.1, -0.05) is 6.92 Å². The zero-order valence-electron chi connectivity index (χ0n) is 10.2. The lowest BCUT2D eigenvalue weighted by Crippen LogP contribution is -2.22. The topological polar surface area (TPSA) is 39.1 Å². The van der Waals surface area contributed by atoms with Crippen molar-refractivity contribution in [3.63, 3.8) is 0 Å². The first-order valence-corrected chi connectivity index (χ1v) is 5.71. The van der Waals surface area contributed by atoms with Crippen LogP contribution in [-0.2, 0) is 11.8 Å². The molecule has 6 heteroatoms. The minimum atomic E-state index is -2.40. The van der Waals surface area contributed by atoms with Gasteiger partial charge in [0.15, 0.2) is 0 Å². The molecule has 0 radical (unpaired) electrons. The summed E-state index contributed by atoms with van der Waals surface area (Å²) in [5.74, 6) is 0. The fraction of sp³-hybridized carbons (Fsp3) is 0.727. The Morgan fingerprint density at radius 1 is 1.53 bits per heavy atom.